The first-order valence-corrected chi connectivity index (χ1v) is 7.35. The first kappa shape index (κ1) is 14.1. The molecular weight excluding hydrogens is 286 g/mol. The molecule has 0 bridgehead atoms. The standard InChI is InChI=1S/C15H18ClN5/c1-8-4-3-5-11(16)12(8)18-13-9(2)14(21-17)20-15(19-13)10-6-7-10/h3-5,10H,6-7,17H2,1-2H3,(H2,18,19,20,21). The molecule has 0 unspecified atom stereocenters. The number of hydrazine groups is 1. The molecule has 6 heteroatoms. The molecule has 2 aromatic rings. The highest BCUT2D eigenvalue weighted by Crippen LogP contribution is 2.40. The number of rotatable bonds is 4. The zero-order valence-electron chi connectivity index (χ0n) is 12.1. The van der Waals surface area contributed by atoms with E-state index in [4.69, 9.17) is 17.4 Å². The van der Waals surface area contributed by atoms with Crippen LogP contribution in [0.2, 0.25) is 5.02 Å². The third-order valence-corrected chi connectivity index (χ3v) is 4.02. The second-order valence-corrected chi connectivity index (χ2v) is 5.79. The molecule has 21 heavy (non-hydrogen) atoms. The highest BCUT2D eigenvalue weighted by atomic mass is 35.5. The Bertz CT molecular complexity index is 662. The first-order chi connectivity index (χ1) is 10.1. The minimum Gasteiger partial charge on any atom is -0.338 e. The van der Waals surface area contributed by atoms with E-state index in [9.17, 15) is 0 Å². The minimum atomic E-state index is 0.450. The van der Waals surface area contributed by atoms with Gasteiger partial charge < -0.3 is 10.7 Å². The quantitative estimate of drug-likeness (QED) is 0.594. The van der Waals surface area contributed by atoms with E-state index in [0.717, 1.165) is 41.3 Å². The van der Waals surface area contributed by atoms with Gasteiger partial charge in [0.05, 0.1) is 10.7 Å². The normalized spacial score (nSPS) is 14.1. The molecule has 0 saturated heterocycles. The van der Waals surface area contributed by atoms with Crippen LogP contribution in [0.4, 0.5) is 17.3 Å². The smallest absolute Gasteiger partial charge is 0.148 e. The molecule has 3 rings (SSSR count). The molecule has 0 radical (unpaired) electrons. The summed E-state index contributed by atoms with van der Waals surface area (Å²) in [7, 11) is 0. The fourth-order valence-electron chi connectivity index (χ4n) is 2.23. The fourth-order valence-corrected chi connectivity index (χ4v) is 2.50. The molecule has 0 amide bonds. The Morgan fingerprint density at radius 3 is 2.52 bits per heavy atom. The second-order valence-electron chi connectivity index (χ2n) is 5.38. The number of aromatic nitrogens is 2. The van der Waals surface area contributed by atoms with Crippen LogP contribution in [0, 0.1) is 13.8 Å². The lowest BCUT2D eigenvalue weighted by atomic mass is 10.2. The Balaban J connectivity index is 2.03. The van der Waals surface area contributed by atoms with E-state index >= 15 is 0 Å². The maximum absolute atomic E-state index is 6.27. The maximum Gasteiger partial charge on any atom is 0.148 e. The summed E-state index contributed by atoms with van der Waals surface area (Å²) in [6, 6.07) is 5.80. The van der Waals surface area contributed by atoms with Crippen LogP contribution >= 0.6 is 11.6 Å². The number of nitrogens with two attached hydrogens (primary N) is 1. The molecule has 110 valence electrons. The Labute approximate surface area is 128 Å². The molecule has 1 aromatic carbocycles. The Morgan fingerprint density at radius 2 is 1.90 bits per heavy atom. The Hall–Kier alpha value is -1.85. The van der Waals surface area contributed by atoms with Gasteiger partial charge in [0, 0.05) is 11.5 Å². The number of para-hydroxylation sites is 1. The maximum atomic E-state index is 6.27. The molecule has 4 N–H and O–H groups in total. The van der Waals surface area contributed by atoms with Gasteiger partial charge in [-0.2, -0.15) is 0 Å². The summed E-state index contributed by atoms with van der Waals surface area (Å²) in [5.74, 6) is 8.25. The number of anilines is 3. The molecule has 0 atom stereocenters. The summed E-state index contributed by atoms with van der Waals surface area (Å²) in [5.41, 5.74) is 5.46. The third kappa shape index (κ3) is 2.80. The van der Waals surface area contributed by atoms with Crippen molar-refractivity contribution in [2.24, 2.45) is 5.84 Å². The molecule has 1 saturated carbocycles. The summed E-state index contributed by atoms with van der Waals surface area (Å²) >= 11 is 6.27. The van der Waals surface area contributed by atoms with Gasteiger partial charge in [0.15, 0.2) is 0 Å². The topological polar surface area (TPSA) is 75.9 Å². The molecule has 1 heterocycles. The van der Waals surface area contributed by atoms with Crippen molar-refractivity contribution in [3.8, 4) is 0 Å². The summed E-state index contributed by atoms with van der Waals surface area (Å²) in [5, 5.41) is 4.00. The number of nitrogens with zero attached hydrogens (tertiary/aromatic N) is 2. The molecule has 1 fully saturated rings. The largest absolute Gasteiger partial charge is 0.338 e. The Kier molecular flexibility index (Phi) is 3.69. The highest BCUT2D eigenvalue weighted by molar-refractivity contribution is 6.33. The van der Waals surface area contributed by atoms with Crippen LogP contribution in [0.5, 0.6) is 0 Å². The highest BCUT2D eigenvalue weighted by Gasteiger charge is 2.28. The molecular formula is C15H18ClN5. The number of nitrogens with one attached hydrogen (secondary N) is 2. The van der Waals surface area contributed by atoms with E-state index in [1.807, 2.05) is 32.0 Å². The number of aryl methyl sites for hydroxylation is 1. The van der Waals surface area contributed by atoms with Crippen molar-refractivity contribution in [3.63, 3.8) is 0 Å². The monoisotopic (exact) mass is 303 g/mol. The summed E-state index contributed by atoms with van der Waals surface area (Å²) in [6.45, 7) is 3.94. The van der Waals surface area contributed by atoms with Gasteiger partial charge in [0.25, 0.3) is 0 Å². The predicted molar refractivity (Wildman–Crippen MR) is 86.0 cm³/mol. The van der Waals surface area contributed by atoms with Crippen LogP contribution in [0.25, 0.3) is 0 Å². The van der Waals surface area contributed by atoms with Gasteiger partial charge in [-0.05, 0) is 38.3 Å². The molecule has 5 nitrogen and oxygen atoms in total. The summed E-state index contributed by atoms with van der Waals surface area (Å²) in [6.07, 6.45) is 2.27. The molecule has 1 aromatic heterocycles. The van der Waals surface area contributed by atoms with Crippen molar-refractivity contribution < 1.29 is 0 Å². The summed E-state index contributed by atoms with van der Waals surface area (Å²) in [4.78, 5) is 9.12. The SMILES string of the molecule is Cc1cccc(Cl)c1Nc1nc(C2CC2)nc(NN)c1C. The van der Waals surface area contributed by atoms with Gasteiger partial charge in [-0.1, -0.05) is 23.7 Å². The lowest BCUT2D eigenvalue weighted by Gasteiger charge is -2.15. The van der Waals surface area contributed by atoms with Gasteiger partial charge in [-0.15, -0.1) is 0 Å². The minimum absolute atomic E-state index is 0.450. The summed E-state index contributed by atoms with van der Waals surface area (Å²) < 4.78 is 0. The average molecular weight is 304 g/mol. The van der Waals surface area contributed by atoms with Gasteiger partial charge in [0.1, 0.15) is 17.5 Å². The van der Waals surface area contributed by atoms with Crippen molar-refractivity contribution in [3.05, 3.63) is 40.2 Å². The average Bonchev–Trinajstić information content (AvgIpc) is 3.29. The van der Waals surface area contributed by atoms with E-state index < -0.39 is 0 Å². The molecule has 0 aliphatic heterocycles. The number of hydrogen-bond donors (Lipinski definition) is 3. The fraction of sp³-hybridized carbons (Fsp3) is 0.333. The number of nitrogen functional groups attached to an aromatic ring is 1. The molecule has 1 aliphatic carbocycles. The van der Waals surface area contributed by atoms with Gasteiger partial charge in [0.2, 0.25) is 0 Å². The van der Waals surface area contributed by atoms with E-state index in [-0.39, 0.29) is 0 Å². The second kappa shape index (κ2) is 5.50. The van der Waals surface area contributed by atoms with Crippen molar-refractivity contribution >= 4 is 28.9 Å². The Morgan fingerprint density at radius 1 is 1.19 bits per heavy atom. The van der Waals surface area contributed by atoms with E-state index in [2.05, 4.69) is 20.7 Å². The van der Waals surface area contributed by atoms with E-state index in [1.54, 1.807) is 0 Å². The lowest BCUT2D eigenvalue weighted by Crippen LogP contribution is -2.14. The van der Waals surface area contributed by atoms with Crippen LogP contribution in [0.15, 0.2) is 18.2 Å². The van der Waals surface area contributed by atoms with Crippen LogP contribution in [-0.4, -0.2) is 9.97 Å². The lowest BCUT2D eigenvalue weighted by molar-refractivity contribution is 0.920. The number of benzene rings is 1. The van der Waals surface area contributed by atoms with Crippen LogP contribution in [0.3, 0.4) is 0 Å². The third-order valence-electron chi connectivity index (χ3n) is 3.71. The van der Waals surface area contributed by atoms with Crippen LogP contribution in [-0.2, 0) is 0 Å². The van der Waals surface area contributed by atoms with E-state index in [1.165, 1.54) is 0 Å². The zero-order chi connectivity index (χ0) is 15.0. The predicted octanol–water partition coefficient (Wildman–Crippen LogP) is 3.65. The van der Waals surface area contributed by atoms with Crippen molar-refractivity contribution in [1.29, 1.82) is 0 Å². The van der Waals surface area contributed by atoms with Gasteiger partial charge in [-0.25, -0.2) is 15.8 Å². The van der Waals surface area contributed by atoms with Crippen molar-refractivity contribution in [2.75, 3.05) is 10.7 Å². The van der Waals surface area contributed by atoms with Crippen LogP contribution < -0.4 is 16.6 Å². The number of hydrogen-bond acceptors (Lipinski definition) is 5. The molecule has 0 spiro atoms. The van der Waals surface area contributed by atoms with Crippen LogP contribution in [0.1, 0.15) is 35.7 Å². The van der Waals surface area contributed by atoms with E-state index in [0.29, 0.717) is 16.8 Å². The zero-order valence-corrected chi connectivity index (χ0v) is 12.8. The van der Waals surface area contributed by atoms with Gasteiger partial charge in [-0.3, -0.25) is 0 Å². The molecule has 1 aliphatic rings. The van der Waals surface area contributed by atoms with Gasteiger partial charge >= 0.3 is 0 Å². The van der Waals surface area contributed by atoms with Crippen molar-refractivity contribution in [2.45, 2.75) is 32.6 Å². The first-order valence-electron chi connectivity index (χ1n) is 6.97. The number of halogens is 1. The van der Waals surface area contributed by atoms with Crippen molar-refractivity contribution in [1.82, 2.24) is 9.97 Å².